The van der Waals surface area contributed by atoms with Crippen LogP contribution in [0.4, 0.5) is 9.59 Å². The molecule has 0 bridgehead atoms. The standard InChI is InChI=1S/C37H40ClN5O4.CH3NO2/c1-26(42-36(45)33(21-16-27-8-4-2-5-9-27)40-23-22-28-14-19-32(38)20-15-28)35(44)41-24-29-12-17-31(18-13-29)34(39)43-37(46)47-25-30-10-6-3-7-11-30;2-1(3)4/h2-15,17-20,26,33,40H,16,21-25H2,1H3,(H,41,44)(H,42,45)(H2,39,43,46);2H2,(H,3,4)/t26-,33+;/m0./s1. The zero-order valence-corrected chi connectivity index (χ0v) is 29.0. The number of carbonyl (C=O) groups excluding carboxylic acids is 3. The Morgan fingerprint density at radius 1 is 0.784 bits per heavy atom. The van der Waals surface area contributed by atoms with Gasteiger partial charge in [-0.3, -0.25) is 20.3 Å². The Bertz CT molecular complexity index is 1700. The van der Waals surface area contributed by atoms with E-state index < -0.39 is 24.3 Å². The van der Waals surface area contributed by atoms with E-state index in [1.54, 1.807) is 31.2 Å². The Morgan fingerprint density at radius 3 is 1.94 bits per heavy atom. The highest BCUT2D eigenvalue weighted by Crippen LogP contribution is 2.11. The molecule has 0 saturated heterocycles. The molecule has 0 radical (unpaired) electrons. The number of aryl methyl sites for hydroxylation is 1. The van der Waals surface area contributed by atoms with Gasteiger partial charge >= 0.3 is 12.2 Å². The average molecular weight is 715 g/mol. The van der Waals surface area contributed by atoms with Gasteiger partial charge in [0.05, 0.1) is 6.04 Å². The minimum absolute atomic E-state index is 0.0985. The van der Waals surface area contributed by atoms with E-state index in [0.29, 0.717) is 30.0 Å². The van der Waals surface area contributed by atoms with Gasteiger partial charge in [-0.25, -0.2) is 9.59 Å². The van der Waals surface area contributed by atoms with Crippen molar-refractivity contribution in [3.63, 3.8) is 0 Å². The van der Waals surface area contributed by atoms with Gasteiger partial charge in [-0.05, 0) is 67.1 Å². The molecule has 13 heteroatoms. The summed E-state index contributed by atoms with van der Waals surface area (Å²) in [6.07, 6.45) is -0.0308. The van der Waals surface area contributed by atoms with Crippen molar-refractivity contribution in [2.45, 2.75) is 51.4 Å². The first kappa shape index (κ1) is 39.7. The smallest absolute Gasteiger partial charge is 0.413 e. The van der Waals surface area contributed by atoms with E-state index in [0.717, 1.165) is 28.7 Å². The number of carbonyl (C=O) groups is 4. The van der Waals surface area contributed by atoms with Crippen LogP contribution in [0.25, 0.3) is 0 Å². The van der Waals surface area contributed by atoms with E-state index in [9.17, 15) is 14.4 Å². The van der Waals surface area contributed by atoms with Gasteiger partial charge in [0.25, 0.3) is 0 Å². The number of amidine groups is 1. The van der Waals surface area contributed by atoms with Gasteiger partial charge < -0.3 is 31.5 Å². The van der Waals surface area contributed by atoms with Crippen molar-refractivity contribution in [2.24, 2.45) is 5.73 Å². The molecule has 4 aromatic carbocycles. The predicted octanol–water partition coefficient (Wildman–Crippen LogP) is 5.17. The summed E-state index contributed by atoms with van der Waals surface area (Å²) in [5.41, 5.74) is 8.40. The summed E-state index contributed by atoms with van der Waals surface area (Å²) < 4.78 is 5.17. The molecule has 0 saturated carbocycles. The zero-order chi connectivity index (χ0) is 37.0. The van der Waals surface area contributed by atoms with Gasteiger partial charge in [0, 0.05) is 17.1 Å². The van der Waals surface area contributed by atoms with Crippen LogP contribution in [0.1, 0.15) is 41.2 Å². The maximum absolute atomic E-state index is 13.3. The van der Waals surface area contributed by atoms with Gasteiger partial charge in [0.2, 0.25) is 11.8 Å². The van der Waals surface area contributed by atoms with Crippen molar-refractivity contribution in [1.82, 2.24) is 21.3 Å². The Kier molecular flexibility index (Phi) is 16.7. The second-order valence-electron chi connectivity index (χ2n) is 11.5. The van der Waals surface area contributed by atoms with E-state index in [2.05, 4.69) is 27.0 Å². The van der Waals surface area contributed by atoms with E-state index in [-0.39, 0.29) is 30.8 Å². The molecule has 268 valence electrons. The number of benzene rings is 4. The second kappa shape index (κ2) is 21.4. The quantitative estimate of drug-likeness (QED) is 0.0651. The summed E-state index contributed by atoms with van der Waals surface area (Å²) in [5, 5.41) is 27.6. The number of alkyl carbamates (subject to hydrolysis) is 1. The maximum Gasteiger partial charge on any atom is 0.413 e. The molecule has 0 aromatic heterocycles. The van der Waals surface area contributed by atoms with Gasteiger partial charge in [0.15, 0.2) is 0 Å². The van der Waals surface area contributed by atoms with Crippen LogP contribution in [0.15, 0.2) is 109 Å². The topological polar surface area (TPSA) is 196 Å². The number of carboxylic acid groups (broad SMARTS) is 1. The summed E-state index contributed by atoms with van der Waals surface area (Å²) in [5.74, 6) is -0.656. The number of halogens is 1. The van der Waals surface area contributed by atoms with Crippen LogP contribution in [0.5, 0.6) is 0 Å². The van der Waals surface area contributed by atoms with Crippen LogP contribution in [0, 0.1) is 5.41 Å². The summed E-state index contributed by atoms with van der Waals surface area (Å²) in [6, 6.07) is 32.5. The molecule has 0 aliphatic heterocycles. The minimum Gasteiger partial charge on any atom is -0.465 e. The summed E-state index contributed by atoms with van der Waals surface area (Å²) >= 11 is 6.00. The van der Waals surface area contributed by atoms with Crippen molar-refractivity contribution < 1.29 is 29.0 Å². The molecule has 0 aliphatic rings. The van der Waals surface area contributed by atoms with E-state index >= 15 is 0 Å². The molecule has 12 nitrogen and oxygen atoms in total. The Labute approximate surface area is 302 Å². The number of ether oxygens (including phenoxy) is 1. The highest BCUT2D eigenvalue weighted by Gasteiger charge is 2.22. The predicted molar refractivity (Wildman–Crippen MR) is 196 cm³/mol. The second-order valence-corrected chi connectivity index (χ2v) is 11.9. The van der Waals surface area contributed by atoms with Crippen molar-refractivity contribution in [3.8, 4) is 0 Å². The minimum atomic E-state index is -1.33. The van der Waals surface area contributed by atoms with Crippen LogP contribution in [0.2, 0.25) is 5.02 Å². The normalized spacial score (nSPS) is 11.5. The monoisotopic (exact) mass is 714 g/mol. The first-order valence-electron chi connectivity index (χ1n) is 16.2. The molecule has 0 unspecified atom stereocenters. The van der Waals surface area contributed by atoms with Gasteiger partial charge in [-0.15, -0.1) is 0 Å². The maximum atomic E-state index is 13.3. The summed E-state index contributed by atoms with van der Waals surface area (Å²) in [6.45, 7) is 2.58. The molecule has 0 heterocycles. The molecular weight excluding hydrogens is 672 g/mol. The molecule has 4 aromatic rings. The third-order valence-corrected chi connectivity index (χ3v) is 7.75. The average Bonchev–Trinajstić information content (AvgIpc) is 3.12. The largest absolute Gasteiger partial charge is 0.465 e. The summed E-state index contributed by atoms with van der Waals surface area (Å²) in [7, 11) is 0. The molecular formula is C38H43ClN6O6. The van der Waals surface area contributed by atoms with Crippen molar-refractivity contribution in [3.05, 3.63) is 142 Å². The van der Waals surface area contributed by atoms with E-state index in [1.165, 1.54) is 0 Å². The molecule has 51 heavy (non-hydrogen) atoms. The molecule has 0 spiro atoms. The SMILES string of the molecule is C[C@H](NC(=O)[C@@H](CCc1ccccc1)NCCc1ccc(Cl)cc1)C(=O)NCc1ccc(C(=N)NC(=O)OCc2ccccc2)cc1.NC(=O)O. The van der Waals surface area contributed by atoms with Crippen LogP contribution < -0.4 is 27.0 Å². The molecule has 4 amide bonds. The number of nitrogens with one attached hydrogen (secondary N) is 5. The summed E-state index contributed by atoms with van der Waals surface area (Å²) in [4.78, 5) is 47.1. The van der Waals surface area contributed by atoms with Crippen LogP contribution in [-0.2, 0) is 40.3 Å². The highest BCUT2D eigenvalue weighted by atomic mass is 35.5. The zero-order valence-electron chi connectivity index (χ0n) is 28.2. The lowest BCUT2D eigenvalue weighted by Crippen LogP contribution is -2.52. The lowest BCUT2D eigenvalue weighted by Gasteiger charge is -2.21. The Hall–Kier alpha value is -5.72. The molecule has 0 aliphatic carbocycles. The fraction of sp³-hybridized carbons (Fsp3) is 0.237. The van der Waals surface area contributed by atoms with E-state index in [4.69, 9.17) is 31.6 Å². The number of amides is 4. The van der Waals surface area contributed by atoms with Gasteiger partial charge in [-0.2, -0.15) is 0 Å². The number of nitrogens with two attached hydrogens (primary N) is 1. The van der Waals surface area contributed by atoms with Crippen molar-refractivity contribution in [2.75, 3.05) is 6.54 Å². The van der Waals surface area contributed by atoms with Gasteiger partial charge in [0.1, 0.15) is 18.5 Å². The van der Waals surface area contributed by atoms with Crippen LogP contribution >= 0.6 is 11.6 Å². The first-order chi connectivity index (χ1) is 24.5. The third kappa shape index (κ3) is 15.6. The lowest BCUT2D eigenvalue weighted by atomic mass is 10.0. The number of hydrogen-bond donors (Lipinski definition) is 7. The molecule has 0 fully saturated rings. The van der Waals surface area contributed by atoms with Crippen LogP contribution in [-0.4, -0.2) is 53.6 Å². The fourth-order valence-corrected chi connectivity index (χ4v) is 4.89. The highest BCUT2D eigenvalue weighted by molar-refractivity contribution is 6.30. The molecule has 4 rings (SSSR count). The number of rotatable bonds is 15. The fourth-order valence-electron chi connectivity index (χ4n) is 4.77. The Morgan fingerprint density at radius 2 is 1.33 bits per heavy atom. The van der Waals surface area contributed by atoms with Gasteiger partial charge in [-0.1, -0.05) is 109 Å². The molecule has 8 N–H and O–H groups in total. The van der Waals surface area contributed by atoms with E-state index in [1.807, 2.05) is 84.9 Å². The number of hydrogen-bond acceptors (Lipinski definition) is 7. The Balaban J connectivity index is 0.00000166. The van der Waals surface area contributed by atoms with Crippen molar-refractivity contribution >= 4 is 41.4 Å². The van der Waals surface area contributed by atoms with Crippen LogP contribution in [0.3, 0.4) is 0 Å². The third-order valence-electron chi connectivity index (χ3n) is 7.50. The molecule has 2 atom stereocenters. The first-order valence-corrected chi connectivity index (χ1v) is 16.6. The van der Waals surface area contributed by atoms with Crippen molar-refractivity contribution in [1.29, 1.82) is 5.41 Å². The lowest BCUT2D eigenvalue weighted by molar-refractivity contribution is -0.129. The number of primary amides is 1.